The third kappa shape index (κ3) is 3.85. The molecule has 0 aliphatic carbocycles. The van der Waals surface area contributed by atoms with E-state index < -0.39 is 18.1 Å². The van der Waals surface area contributed by atoms with Crippen LogP contribution in [0.1, 0.15) is 54.2 Å². The van der Waals surface area contributed by atoms with Gasteiger partial charge in [-0.15, -0.1) is 0 Å². The molecule has 3 aliphatic rings. The maximum Gasteiger partial charge on any atom is 0.258 e. The zero-order valence-electron chi connectivity index (χ0n) is 19.3. The number of halogens is 3. The van der Waals surface area contributed by atoms with Crippen molar-refractivity contribution >= 4 is 23.2 Å². The van der Waals surface area contributed by atoms with Crippen molar-refractivity contribution in [2.24, 2.45) is 0 Å². The molecule has 7 nitrogen and oxygen atoms in total. The molecular formula is C25H26ClF2N5O2. The van der Waals surface area contributed by atoms with E-state index in [-0.39, 0.29) is 35.8 Å². The highest BCUT2D eigenvalue weighted by molar-refractivity contribution is 6.30. The van der Waals surface area contributed by atoms with Crippen molar-refractivity contribution in [3.63, 3.8) is 0 Å². The number of benzene rings is 1. The van der Waals surface area contributed by atoms with Crippen LogP contribution in [0.2, 0.25) is 5.02 Å². The fraction of sp³-hybridized carbons (Fsp3) is 0.480. The Kier molecular flexibility index (Phi) is 5.64. The van der Waals surface area contributed by atoms with Gasteiger partial charge in [0.1, 0.15) is 17.7 Å². The van der Waals surface area contributed by atoms with Gasteiger partial charge >= 0.3 is 0 Å². The number of alkyl halides is 1. The molecule has 0 spiro atoms. The zero-order valence-corrected chi connectivity index (χ0v) is 20.1. The van der Waals surface area contributed by atoms with Gasteiger partial charge in [0.15, 0.2) is 11.8 Å². The zero-order chi connectivity index (χ0) is 24.3. The molecule has 4 atom stereocenters. The van der Waals surface area contributed by atoms with Crippen molar-refractivity contribution in [3.8, 4) is 5.75 Å². The van der Waals surface area contributed by atoms with Crippen LogP contribution in [0, 0.1) is 5.82 Å². The summed E-state index contributed by atoms with van der Waals surface area (Å²) in [5, 5.41) is 4.97. The third-order valence-corrected chi connectivity index (χ3v) is 7.64. The predicted molar refractivity (Wildman–Crippen MR) is 126 cm³/mol. The van der Waals surface area contributed by atoms with Gasteiger partial charge in [0.05, 0.1) is 35.6 Å². The largest absolute Gasteiger partial charge is 0.486 e. The molecule has 10 heteroatoms. The second kappa shape index (κ2) is 8.71. The van der Waals surface area contributed by atoms with E-state index in [1.165, 1.54) is 18.2 Å². The number of carbonyl (C=O) groups is 1. The van der Waals surface area contributed by atoms with Crippen LogP contribution in [0.15, 0.2) is 30.6 Å². The number of fused-ring (bicyclic) bond motifs is 5. The number of ether oxygens (including phenoxy) is 1. The molecule has 6 rings (SSSR count). The van der Waals surface area contributed by atoms with Gasteiger partial charge in [0.2, 0.25) is 0 Å². The first-order chi connectivity index (χ1) is 16.9. The van der Waals surface area contributed by atoms with Crippen LogP contribution in [0.5, 0.6) is 5.75 Å². The standard InChI is InChI=1S/C25H26ClF2N5O2/c1-2-7-32-16-4-6-20(32)23(28)22(9-16)35-21-8-15(27)3-5-17(21)25(34)31-12-18-19(13-31)30-33-11-14(26)10-29-24(18)33/h3,5,8,10-11,16,20,22-23H,2,4,6-7,9,12-13H2,1H3/t16-,20-,22+,23?/m0/s1. The number of amides is 1. The van der Waals surface area contributed by atoms with Crippen LogP contribution in [-0.4, -0.2) is 61.2 Å². The molecule has 1 aromatic carbocycles. The van der Waals surface area contributed by atoms with E-state index in [2.05, 4.69) is 21.9 Å². The van der Waals surface area contributed by atoms with Crippen LogP contribution < -0.4 is 4.74 Å². The van der Waals surface area contributed by atoms with Crippen molar-refractivity contribution < 1.29 is 18.3 Å². The van der Waals surface area contributed by atoms with Crippen molar-refractivity contribution in [3.05, 3.63) is 58.3 Å². The normalized spacial score (nSPS) is 25.9. The number of aromatic nitrogens is 3. The summed E-state index contributed by atoms with van der Waals surface area (Å²) in [5.41, 5.74) is 2.45. The SMILES string of the molecule is CCCN1[C@H]2CC[C@H]1C(F)[C@H](Oc1cc(F)ccc1C(=O)N1Cc3nn4cc(Cl)cnc4c3C1)C2. The second-order valence-corrected chi connectivity index (χ2v) is 10.1. The van der Waals surface area contributed by atoms with Crippen molar-refractivity contribution in [1.82, 2.24) is 24.4 Å². The molecule has 1 unspecified atom stereocenters. The van der Waals surface area contributed by atoms with Gasteiger partial charge in [-0.1, -0.05) is 18.5 Å². The Balaban J connectivity index is 1.23. The summed E-state index contributed by atoms with van der Waals surface area (Å²) in [5.74, 6) is -0.747. The molecule has 3 aromatic rings. The maximum absolute atomic E-state index is 15.5. The fourth-order valence-corrected chi connectivity index (χ4v) is 6.04. The predicted octanol–water partition coefficient (Wildman–Crippen LogP) is 4.41. The third-order valence-electron chi connectivity index (χ3n) is 7.45. The van der Waals surface area contributed by atoms with Crippen molar-refractivity contribution in [1.29, 1.82) is 0 Å². The van der Waals surface area contributed by atoms with E-state index in [9.17, 15) is 9.18 Å². The van der Waals surface area contributed by atoms with Gasteiger partial charge in [-0.2, -0.15) is 5.10 Å². The molecule has 2 aromatic heterocycles. The average molecular weight is 502 g/mol. The molecule has 2 fully saturated rings. The topological polar surface area (TPSA) is 63.0 Å². The Morgan fingerprint density at radius 3 is 2.97 bits per heavy atom. The van der Waals surface area contributed by atoms with Crippen LogP contribution in [0.3, 0.4) is 0 Å². The lowest BCUT2D eigenvalue weighted by Gasteiger charge is -2.41. The molecule has 5 heterocycles. The van der Waals surface area contributed by atoms with Crippen molar-refractivity contribution in [2.45, 2.75) is 70.1 Å². The van der Waals surface area contributed by atoms with Crippen LogP contribution in [-0.2, 0) is 13.1 Å². The van der Waals surface area contributed by atoms with Gasteiger partial charge in [-0.25, -0.2) is 18.3 Å². The smallest absolute Gasteiger partial charge is 0.258 e. The molecule has 1 amide bonds. The van der Waals surface area contributed by atoms with Crippen LogP contribution in [0.4, 0.5) is 8.78 Å². The molecular weight excluding hydrogens is 476 g/mol. The highest BCUT2D eigenvalue weighted by atomic mass is 35.5. The average Bonchev–Trinajstić information content (AvgIpc) is 3.48. The Labute approximate surface area is 206 Å². The molecule has 2 saturated heterocycles. The van der Waals surface area contributed by atoms with Crippen molar-refractivity contribution in [2.75, 3.05) is 6.54 Å². The summed E-state index contributed by atoms with van der Waals surface area (Å²) in [4.78, 5) is 21.7. The number of piperidine rings is 1. The summed E-state index contributed by atoms with van der Waals surface area (Å²) in [7, 11) is 0. The first-order valence-corrected chi connectivity index (χ1v) is 12.5. The van der Waals surface area contributed by atoms with Crippen LogP contribution >= 0.6 is 11.6 Å². The molecule has 35 heavy (non-hydrogen) atoms. The number of rotatable bonds is 5. The van der Waals surface area contributed by atoms with E-state index in [1.807, 2.05) is 0 Å². The summed E-state index contributed by atoms with van der Waals surface area (Å²) in [6, 6.07) is 3.92. The molecule has 3 aliphatic heterocycles. The van der Waals surface area contributed by atoms with Gasteiger partial charge in [0, 0.05) is 36.3 Å². The van der Waals surface area contributed by atoms with E-state index in [0.717, 1.165) is 37.1 Å². The van der Waals surface area contributed by atoms with E-state index in [4.69, 9.17) is 16.3 Å². The Morgan fingerprint density at radius 2 is 2.14 bits per heavy atom. The van der Waals surface area contributed by atoms with E-state index in [0.29, 0.717) is 23.6 Å². The lowest BCUT2D eigenvalue weighted by atomic mass is 9.97. The number of hydrogen-bond acceptors (Lipinski definition) is 5. The highest BCUT2D eigenvalue weighted by Crippen LogP contribution is 2.40. The molecule has 0 radical (unpaired) electrons. The quantitative estimate of drug-likeness (QED) is 0.518. The highest BCUT2D eigenvalue weighted by Gasteiger charge is 2.48. The Morgan fingerprint density at radius 1 is 1.29 bits per heavy atom. The van der Waals surface area contributed by atoms with E-state index >= 15 is 4.39 Å². The number of hydrogen-bond donors (Lipinski definition) is 0. The maximum atomic E-state index is 15.5. The Bertz CT molecular complexity index is 1300. The molecule has 0 saturated carbocycles. The summed E-state index contributed by atoms with van der Waals surface area (Å²) in [6.45, 7) is 3.57. The molecule has 2 bridgehead atoms. The number of nitrogens with zero attached hydrogens (tertiary/aromatic N) is 5. The van der Waals surface area contributed by atoms with E-state index in [1.54, 1.807) is 21.8 Å². The minimum absolute atomic E-state index is 0.0923. The minimum atomic E-state index is -1.19. The lowest BCUT2D eigenvalue weighted by molar-refractivity contribution is -0.0228. The summed E-state index contributed by atoms with van der Waals surface area (Å²) < 4.78 is 37.4. The second-order valence-electron chi connectivity index (χ2n) is 9.64. The van der Waals surface area contributed by atoms with Gasteiger partial charge in [-0.3, -0.25) is 9.69 Å². The van der Waals surface area contributed by atoms with Gasteiger partial charge in [0.25, 0.3) is 5.91 Å². The summed E-state index contributed by atoms with van der Waals surface area (Å²) in [6.07, 6.45) is 4.56. The first kappa shape index (κ1) is 22.7. The van der Waals surface area contributed by atoms with Crippen LogP contribution in [0.25, 0.3) is 5.65 Å². The Hall–Kier alpha value is -2.78. The summed E-state index contributed by atoms with van der Waals surface area (Å²) >= 11 is 6.00. The molecule has 184 valence electrons. The fourth-order valence-electron chi connectivity index (χ4n) is 5.90. The van der Waals surface area contributed by atoms with Gasteiger partial charge < -0.3 is 9.64 Å². The number of carbonyl (C=O) groups excluding carboxylic acids is 1. The van der Waals surface area contributed by atoms with Gasteiger partial charge in [-0.05, 0) is 37.9 Å². The molecule has 0 N–H and O–H groups in total. The first-order valence-electron chi connectivity index (χ1n) is 12.1. The minimum Gasteiger partial charge on any atom is -0.486 e. The lowest BCUT2D eigenvalue weighted by Crippen LogP contribution is -2.54. The monoisotopic (exact) mass is 501 g/mol.